The van der Waals surface area contributed by atoms with Gasteiger partial charge in [-0.15, -0.1) is 0 Å². The third-order valence-electron chi connectivity index (χ3n) is 4.11. The van der Waals surface area contributed by atoms with Crippen molar-refractivity contribution in [1.29, 1.82) is 5.26 Å². The zero-order chi connectivity index (χ0) is 20.3. The summed E-state index contributed by atoms with van der Waals surface area (Å²) in [4.78, 5) is 20.6. The summed E-state index contributed by atoms with van der Waals surface area (Å²) in [7, 11) is 0. The lowest BCUT2D eigenvalue weighted by molar-refractivity contribution is -0.385. The van der Waals surface area contributed by atoms with Crippen LogP contribution in [-0.2, 0) is 0 Å². The summed E-state index contributed by atoms with van der Waals surface area (Å²) in [5.41, 5.74) is 2.15. The van der Waals surface area contributed by atoms with Crippen LogP contribution in [0.1, 0.15) is 16.9 Å². The lowest BCUT2D eigenvalue weighted by Gasteiger charge is -2.02. The van der Waals surface area contributed by atoms with Gasteiger partial charge in [-0.25, -0.2) is 0 Å². The molecule has 0 atom stereocenters. The van der Waals surface area contributed by atoms with Crippen LogP contribution in [0.25, 0.3) is 23.0 Å². The maximum Gasteiger partial charge on any atom is 0.269 e. The van der Waals surface area contributed by atoms with Crippen LogP contribution in [0.3, 0.4) is 0 Å². The SMILES string of the molecule is Cc1cc([N+](=O)[O-])ccc1-c1ccc(/C=C(\C#N)c2ccc([N+](=O)[O-])cc2)o1. The summed E-state index contributed by atoms with van der Waals surface area (Å²) in [5.74, 6) is 0.933. The zero-order valence-corrected chi connectivity index (χ0v) is 14.7. The number of non-ortho nitro benzene ring substituents is 2. The van der Waals surface area contributed by atoms with Gasteiger partial charge in [-0.3, -0.25) is 20.2 Å². The smallest absolute Gasteiger partial charge is 0.269 e. The van der Waals surface area contributed by atoms with Gasteiger partial charge < -0.3 is 4.42 Å². The number of nitrogens with zero attached hydrogens (tertiary/aromatic N) is 3. The van der Waals surface area contributed by atoms with Crippen molar-refractivity contribution >= 4 is 23.0 Å². The second-order valence-corrected chi connectivity index (χ2v) is 5.93. The maximum atomic E-state index is 10.9. The molecule has 0 amide bonds. The van der Waals surface area contributed by atoms with Crippen molar-refractivity contribution in [3.63, 3.8) is 0 Å². The number of nitro groups is 2. The van der Waals surface area contributed by atoms with Crippen molar-refractivity contribution in [2.45, 2.75) is 6.92 Å². The predicted molar refractivity (Wildman–Crippen MR) is 102 cm³/mol. The van der Waals surface area contributed by atoms with Gasteiger partial charge in [0.25, 0.3) is 11.4 Å². The second kappa shape index (κ2) is 7.55. The molecule has 2 aromatic carbocycles. The third kappa shape index (κ3) is 3.78. The molecule has 28 heavy (non-hydrogen) atoms. The Morgan fingerprint density at radius 3 is 2.21 bits per heavy atom. The third-order valence-corrected chi connectivity index (χ3v) is 4.11. The molecule has 138 valence electrons. The maximum absolute atomic E-state index is 10.9. The highest BCUT2D eigenvalue weighted by Crippen LogP contribution is 2.30. The van der Waals surface area contributed by atoms with E-state index in [2.05, 4.69) is 6.07 Å². The Bertz CT molecular complexity index is 1140. The lowest BCUT2D eigenvalue weighted by Crippen LogP contribution is -1.89. The van der Waals surface area contributed by atoms with Gasteiger partial charge in [-0.2, -0.15) is 5.26 Å². The van der Waals surface area contributed by atoms with Gasteiger partial charge in [0.1, 0.15) is 11.5 Å². The Hall–Kier alpha value is -4.25. The number of aryl methyl sites for hydroxylation is 1. The Labute approximate surface area is 159 Å². The van der Waals surface area contributed by atoms with Gasteiger partial charge in [-0.05, 0) is 54.5 Å². The quantitative estimate of drug-likeness (QED) is 0.346. The van der Waals surface area contributed by atoms with Crippen molar-refractivity contribution < 1.29 is 14.3 Å². The average Bonchev–Trinajstić information content (AvgIpc) is 3.14. The van der Waals surface area contributed by atoms with Crippen molar-refractivity contribution in [3.05, 3.63) is 91.7 Å². The first kappa shape index (κ1) is 18.5. The second-order valence-electron chi connectivity index (χ2n) is 5.93. The highest BCUT2D eigenvalue weighted by molar-refractivity contribution is 5.89. The van der Waals surface area contributed by atoms with Crippen LogP contribution in [0, 0.1) is 38.5 Å². The van der Waals surface area contributed by atoms with E-state index in [0.717, 1.165) is 0 Å². The number of hydrogen-bond donors (Lipinski definition) is 0. The van der Waals surface area contributed by atoms with Crippen molar-refractivity contribution in [2.75, 3.05) is 0 Å². The number of hydrogen-bond acceptors (Lipinski definition) is 6. The molecule has 0 aliphatic heterocycles. The van der Waals surface area contributed by atoms with Gasteiger partial charge in [0.2, 0.25) is 0 Å². The molecule has 0 radical (unpaired) electrons. The molecule has 8 heteroatoms. The minimum absolute atomic E-state index is 0.00198. The lowest BCUT2D eigenvalue weighted by atomic mass is 10.1. The number of nitro benzene ring substituents is 2. The Morgan fingerprint density at radius 1 is 1.00 bits per heavy atom. The molecular weight excluding hydrogens is 362 g/mol. The molecule has 0 unspecified atom stereocenters. The zero-order valence-electron chi connectivity index (χ0n) is 14.7. The molecular formula is C20H13N3O5. The summed E-state index contributed by atoms with van der Waals surface area (Å²) in [6.45, 7) is 1.75. The first-order valence-corrected chi connectivity index (χ1v) is 8.11. The molecule has 0 spiro atoms. The highest BCUT2D eigenvalue weighted by atomic mass is 16.6. The summed E-state index contributed by atoms with van der Waals surface area (Å²) in [6, 6.07) is 15.6. The molecule has 0 bridgehead atoms. The number of furan rings is 1. The van der Waals surface area contributed by atoms with E-state index in [1.54, 1.807) is 25.1 Å². The fourth-order valence-electron chi connectivity index (χ4n) is 2.70. The minimum Gasteiger partial charge on any atom is -0.457 e. The summed E-state index contributed by atoms with van der Waals surface area (Å²) in [5, 5.41) is 31.0. The Morgan fingerprint density at radius 2 is 1.64 bits per heavy atom. The number of benzene rings is 2. The molecule has 3 rings (SSSR count). The standard InChI is InChI=1S/C20H13N3O5/c1-13-10-17(23(26)27)6-8-19(13)20-9-7-18(28-20)11-15(12-21)14-2-4-16(5-3-14)22(24)25/h2-11H,1H3/b15-11+. The van der Waals surface area contributed by atoms with Gasteiger partial charge in [-0.1, -0.05) is 0 Å². The molecule has 1 aromatic heterocycles. The van der Waals surface area contributed by atoms with Gasteiger partial charge in [0, 0.05) is 29.8 Å². The van der Waals surface area contributed by atoms with Crippen molar-refractivity contribution in [2.24, 2.45) is 0 Å². The first-order valence-electron chi connectivity index (χ1n) is 8.11. The molecule has 8 nitrogen and oxygen atoms in total. The number of nitriles is 1. The van der Waals surface area contributed by atoms with E-state index in [4.69, 9.17) is 4.42 Å². The summed E-state index contributed by atoms with van der Waals surface area (Å²) < 4.78 is 5.76. The van der Waals surface area contributed by atoms with Crippen molar-refractivity contribution in [3.8, 4) is 17.4 Å². The largest absolute Gasteiger partial charge is 0.457 e. The van der Waals surface area contributed by atoms with Crippen LogP contribution < -0.4 is 0 Å². The normalized spacial score (nSPS) is 11.1. The summed E-state index contributed by atoms with van der Waals surface area (Å²) in [6.07, 6.45) is 1.53. The van der Waals surface area contributed by atoms with Crippen LogP contribution in [0.5, 0.6) is 0 Å². The van der Waals surface area contributed by atoms with E-state index < -0.39 is 9.85 Å². The number of rotatable bonds is 5. The van der Waals surface area contributed by atoms with E-state index in [-0.39, 0.29) is 16.9 Å². The van der Waals surface area contributed by atoms with E-state index in [9.17, 15) is 25.5 Å². The van der Waals surface area contributed by atoms with E-state index >= 15 is 0 Å². The predicted octanol–water partition coefficient (Wildman–Crippen LogP) is 5.14. The number of allylic oxidation sites excluding steroid dienone is 1. The van der Waals surface area contributed by atoms with Crippen LogP contribution in [0.2, 0.25) is 0 Å². The fourth-order valence-corrected chi connectivity index (χ4v) is 2.70. The van der Waals surface area contributed by atoms with Crippen LogP contribution in [0.15, 0.2) is 59.0 Å². The summed E-state index contributed by atoms with van der Waals surface area (Å²) >= 11 is 0. The van der Waals surface area contributed by atoms with E-state index in [1.807, 2.05) is 0 Å². The van der Waals surface area contributed by atoms with E-state index in [1.165, 1.54) is 42.5 Å². The molecule has 0 aliphatic rings. The molecule has 0 aliphatic carbocycles. The first-order chi connectivity index (χ1) is 13.4. The van der Waals surface area contributed by atoms with Crippen LogP contribution in [-0.4, -0.2) is 9.85 Å². The fraction of sp³-hybridized carbons (Fsp3) is 0.0500. The molecule has 0 N–H and O–H groups in total. The van der Waals surface area contributed by atoms with E-state index in [0.29, 0.717) is 28.2 Å². The average molecular weight is 375 g/mol. The molecule has 3 aromatic rings. The topological polar surface area (TPSA) is 123 Å². The molecule has 0 fully saturated rings. The van der Waals surface area contributed by atoms with Gasteiger partial charge >= 0.3 is 0 Å². The Balaban J connectivity index is 1.91. The minimum atomic E-state index is -0.509. The molecule has 0 saturated carbocycles. The Kier molecular flexibility index (Phi) is 5.00. The molecule has 1 heterocycles. The van der Waals surface area contributed by atoms with Crippen LogP contribution >= 0.6 is 0 Å². The van der Waals surface area contributed by atoms with Gasteiger partial charge in [0.15, 0.2) is 0 Å². The van der Waals surface area contributed by atoms with Crippen LogP contribution in [0.4, 0.5) is 11.4 Å². The monoisotopic (exact) mass is 375 g/mol. The highest BCUT2D eigenvalue weighted by Gasteiger charge is 2.13. The molecule has 0 saturated heterocycles. The van der Waals surface area contributed by atoms with Gasteiger partial charge in [0.05, 0.1) is 21.5 Å². The van der Waals surface area contributed by atoms with Crippen molar-refractivity contribution in [1.82, 2.24) is 0 Å².